The molecule has 0 fully saturated rings. The Bertz CT molecular complexity index is 435. The lowest BCUT2D eigenvalue weighted by atomic mass is 10.2. The van der Waals surface area contributed by atoms with Crippen LogP contribution in [0.4, 0.5) is 5.82 Å². The number of hydrogen-bond donors (Lipinski definition) is 1. The summed E-state index contributed by atoms with van der Waals surface area (Å²) in [4.78, 5) is 21.0. The molecule has 0 atom stereocenters. The number of carboxylic acid groups (broad SMARTS) is 1. The van der Waals surface area contributed by atoms with Gasteiger partial charge in [-0.05, 0) is 19.8 Å². The number of carboxylic acids is 1. The van der Waals surface area contributed by atoms with Crippen LogP contribution < -0.4 is 9.64 Å². The first-order valence-electron chi connectivity index (χ1n) is 6.36. The summed E-state index contributed by atoms with van der Waals surface area (Å²) >= 11 is 0. The molecule has 0 aliphatic carbocycles. The summed E-state index contributed by atoms with van der Waals surface area (Å²) in [6.07, 6.45) is 1.41. The second-order valence-electron chi connectivity index (χ2n) is 4.73. The third kappa shape index (κ3) is 4.39. The van der Waals surface area contributed by atoms with Gasteiger partial charge in [0.05, 0.1) is 12.2 Å². The first-order valence-corrected chi connectivity index (χ1v) is 6.36. The quantitative estimate of drug-likeness (QED) is 0.811. The van der Waals surface area contributed by atoms with Gasteiger partial charge in [0.1, 0.15) is 18.7 Å². The molecule has 0 aliphatic rings. The van der Waals surface area contributed by atoms with Crippen molar-refractivity contribution in [3.8, 4) is 5.88 Å². The molecule has 0 bridgehead atoms. The highest BCUT2D eigenvalue weighted by Gasteiger charge is 2.18. The summed E-state index contributed by atoms with van der Waals surface area (Å²) < 4.78 is 5.41. The van der Waals surface area contributed by atoms with Gasteiger partial charge in [0, 0.05) is 6.54 Å². The number of nitrogens with zero attached hydrogens (tertiary/aromatic N) is 3. The van der Waals surface area contributed by atoms with Gasteiger partial charge in [-0.25, -0.2) is 9.97 Å². The molecule has 0 radical (unpaired) electrons. The predicted octanol–water partition coefficient (Wildman–Crippen LogP) is 1.73. The molecule has 0 aliphatic heterocycles. The van der Waals surface area contributed by atoms with Gasteiger partial charge >= 0.3 is 5.97 Å². The lowest BCUT2D eigenvalue weighted by Gasteiger charge is -2.25. The first-order chi connectivity index (χ1) is 8.95. The smallest absolute Gasteiger partial charge is 0.323 e. The highest BCUT2D eigenvalue weighted by molar-refractivity contribution is 5.73. The molecule has 0 amide bonds. The second kappa shape index (κ2) is 6.92. The van der Waals surface area contributed by atoms with E-state index in [0.717, 1.165) is 5.56 Å². The summed E-state index contributed by atoms with van der Waals surface area (Å²) in [6, 6.07) is 0. The Morgan fingerprint density at radius 1 is 1.47 bits per heavy atom. The molecule has 19 heavy (non-hydrogen) atoms. The average Bonchev–Trinajstić information content (AvgIpc) is 2.30. The number of hydrogen-bond acceptors (Lipinski definition) is 5. The molecule has 1 N–H and O–H groups in total. The van der Waals surface area contributed by atoms with Crippen LogP contribution in [0.1, 0.15) is 26.3 Å². The molecule has 0 saturated carbocycles. The van der Waals surface area contributed by atoms with Crippen molar-refractivity contribution in [1.29, 1.82) is 0 Å². The molecule has 106 valence electrons. The lowest BCUT2D eigenvalue weighted by Crippen LogP contribution is -2.34. The van der Waals surface area contributed by atoms with Crippen molar-refractivity contribution in [1.82, 2.24) is 9.97 Å². The summed E-state index contributed by atoms with van der Waals surface area (Å²) in [5, 5.41) is 9.01. The third-order valence-electron chi connectivity index (χ3n) is 2.50. The summed E-state index contributed by atoms with van der Waals surface area (Å²) in [6.45, 7) is 8.85. The first kappa shape index (κ1) is 15.2. The highest BCUT2D eigenvalue weighted by Crippen LogP contribution is 2.24. The molecule has 0 aromatic carbocycles. The van der Waals surface area contributed by atoms with Crippen LogP contribution in [0.5, 0.6) is 5.88 Å². The normalized spacial score (nSPS) is 10.6. The van der Waals surface area contributed by atoms with E-state index < -0.39 is 5.97 Å². The topological polar surface area (TPSA) is 75.6 Å². The number of aromatic nitrogens is 2. The van der Waals surface area contributed by atoms with Gasteiger partial charge in [0.15, 0.2) is 0 Å². The molecular weight excluding hydrogens is 246 g/mol. The highest BCUT2D eigenvalue weighted by atomic mass is 16.5. The molecule has 6 heteroatoms. The van der Waals surface area contributed by atoms with Crippen molar-refractivity contribution in [2.75, 3.05) is 24.6 Å². The van der Waals surface area contributed by atoms with Gasteiger partial charge in [0.25, 0.3) is 0 Å². The van der Waals surface area contributed by atoms with E-state index >= 15 is 0 Å². The van der Waals surface area contributed by atoms with Crippen molar-refractivity contribution < 1.29 is 14.6 Å². The molecule has 0 spiro atoms. The van der Waals surface area contributed by atoms with E-state index in [1.807, 2.05) is 27.7 Å². The number of ether oxygens (including phenoxy) is 1. The van der Waals surface area contributed by atoms with Crippen molar-refractivity contribution in [2.45, 2.75) is 27.7 Å². The molecule has 1 aromatic heterocycles. The zero-order valence-electron chi connectivity index (χ0n) is 11.9. The van der Waals surface area contributed by atoms with Gasteiger partial charge in [-0.15, -0.1) is 0 Å². The van der Waals surface area contributed by atoms with Crippen LogP contribution in [-0.4, -0.2) is 40.7 Å². The minimum absolute atomic E-state index is 0.0817. The Kier molecular flexibility index (Phi) is 5.54. The van der Waals surface area contributed by atoms with Crippen molar-refractivity contribution >= 4 is 11.8 Å². The van der Waals surface area contributed by atoms with Gasteiger partial charge in [-0.3, -0.25) is 4.79 Å². The SMILES string of the molecule is CCOc1ncnc(N(CC(=O)O)CC(C)C)c1C. The molecule has 1 rings (SSSR count). The lowest BCUT2D eigenvalue weighted by molar-refractivity contribution is -0.135. The van der Waals surface area contributed by atoms with Crippen LogP contribution in [0.25, 0.3) is 0 Å². The maximum absolute atomic E-state index is 11.0. The van der Waals surface area contributed by atoms with E-state index in [-0.39, 0.29) is 6.54 Å². The Morgan fingerprint density at radius 2 is 2.16 bits per heavy atom. The zero-order chi connectivity index (χ0) is 14.4. The predicted molar refractivity (Wildman–Crippen MR) is 72.6 cm³/mol. The van der Waals surface area contributed by atoms with E-state index in [0.29, 0.717) is 30.8 Å². The minimum atomic E-state index is -0.878. The molecule has 0 saturated heterocycles. The van der Waals surface area contributed by atoms with E-state index in [9.17, 15) is 4.79 Å². The fourth-order valence-electron chi connectivity index (χ4n) is 1.86. The summed E-state index contributed by atoms with van der Waals surface area (Å²) in [5.74, 6) is 0.585. The van der Waals surface area contributed by atoms with Crippen LogP contribution in [-0.2, 0) is 4.79 Å². The van der Waals surface area contributed by atoms with Gasteiger partial charge in [-0.2, -0.15) is 0 Å². The fourth-order valence-corrected chi connectivity index (χ4v) is 1.86. The number of rotatable bonds is 7. The standard InChI is InChI=1S/C13H21N3O3/c1-5-19-13-10(4)12(14-8-15-13)16(6-9(2)3)7-11(17)18/h8-9H,5-7H2,1-4H3,(H,17,18). The fraction of sp³-hybridized carbons (Fsp3) is 0.615. The van der Waals surface area contributed by atoms with Crippen LogP contribution in [0.2, 0.25) is 0 Å². The number of carbonyl (C=O) groups is 1. The molecule has 1 heterocycles. The van der Waals surface area contributed by atoms with Gasteiger partial charge in [-0.1, -0.05) is 13.8 Å². The van der Waals surface area contributed by atoms with E-state index in [2.05, 4.69) is 9.97 Å². The molecule has 6 nitrogen and oxygen atoms in total. The Hall–Kier alpha value is -1.85. The maximum atomic E-state index is 11.0. The van der Waals surface area contributed by atoms with Crippen molar-refractivity contribution in [2.24, 2.45) is 5.92 Å². The minimum Gasteiger partial charge on any atom is -0.480 e. The van der Waals surface area contributed by atoms with Gasteiger partial charge in [0.2, 0.25) is 5.88 Å². The number of anilines is 1. The number of aliphatic carboxylic acids is 1. The largest absolute Gasteiger partial charge is 0.480 e. The molecule has 1 aromatic rings. The monoisotopic (exact) mass is 267 g/mol. The second-order valence-corrected chi connectivity index (χ2v) is 4.73. The van der Waals surface area contributed by atoms with Crippen LogP contribution in [0.15, 0.2) is 6.33 Å². The van der Waals surface area contributed by atoms with E-state index in [4.69, 9.17) is 9.84 Å². The molecular formula is C13H21N3O3. The van der Waals surface area contributed by atoms with E-state index in [1.165, 1.54) is 6.33 Å². The van der Waals surface area contributed by atoms with Crippen molar-refractivity contribution in [3.05, 3.63) is 11.9 Å². The Balaban J connectivity index is 3.06. The molecule has 0 unspecified atom stereocenters. The Morgan fingerprint density at radius 3 is 2.68 bits per heavy atom. The zero-order valence-corrected chi connectivity index (χ0v) is 11.9. The summed E-state index contributed by atoms with van der Waals surface area (Å²) in [5.41, 5.74) is 0.770. The van der Waals surface area contributed by atoms with Crippen LogP contribution >= 0.6 is 0 Å². The average molecular weight is 267 g/mol. The van der Waals surface area contributed by atoms with Crippen LogP contribution in [0.3, 0.4) is 0 Å². The van der Waals surface area contributed by atoms with E-state index in [1.54, 1.807) is 4.90 Å². The van der Waals surface area contributed by atoms with Crippen LogP contribution in [0, 0.1) is 12.8 Å². The third-order valence-corrected chi connectivity index (χ3v) is 2.50. The maximum Gasteiger partial charge on any atom is 0.323 e. The summed E-state index contributed by atoms with van der Waals surface area (Å²) in [7, 11) is 0. The van der Waals surface area contributed by atoms with Crippen molar-refractivity contribution in [3.63, 3.8) is 0 Å². The Labute approximate surface area is 113 Å². The van der Waals surface area contributed by atoms with Gasteiger partial charge < -0.3 is 14.7 Å².